The lowest BCUT2D eigenvalue weighted by Crippen LogP contribution is -2.28. The zero-order valence-electron chi connectivity index (χ0n) is 20.8. The summed E-state index contributed by atoms with van der Waals surface area (Å²) in [5, 5.41) is 8.28. The first kappa shape index (κ1) is 24.1. The second kappa shape index (κ2) is 11.4. The van der Waals surface area contributed by atoms with Gasteiger partial charge in [0.15, 0.2) is 0 Å². The molecule has 0 amide bonds. The zero-order valence-corrected chi connectivity index (χ0v) is 20.8. The van der Waals surface area contributed by atoms with Crippen molar-refractivity contribution >= 4 is 22.7 Å². The first-order chi connectivity index (χ1) is 16.6. The highest BCUT2D eigenvalue weighted by atomic mass is 16.5. The molecular weight excluding hydrogens is 426 g/mol. The second-order valence-corrected chi connectivity index (χ2v) is 9.33. The summed E-state index contributed by atoms with van der Waals surface area (Å²) in [6, 6.07) is 14.7. The van der Waals surface area contributed by atoms with Gasteiger partial charge in [-0.3, -0.25) is 0 Å². The maximum absolute atomic E-state index is 5.37. The van der Waals surface area contributed by atoms with Crippen LogP contribution in [0.4, 0.5) is 11.8 Å². The summed E-state index contributed by atoms with van der Waals surface area (Å²) in [4.78, 5) is 11.6. The van der Waals surface area contributed by atoms with Crippen molar-refractivity contribution in [3.63, 3.8) is 0 Å². The number of ether oxygens (including phenoxy) is 2. The molecule has 0 spiro atoms. The minimum atomic E-state index is 0.435. The van der Waals surface area contributed by atoms with E-state index >= 15 is 0 Å². The summed E-state index contributed by atoms with van der Waals surface area (Å²) < 4.78 is 10.7. The molecule has 0 radical (unpaired) electrons. The van der Waals surface area contributed by atoms with E-state index in [1.54, 1.807) is 14.2 Å². The van der Waals surface area contributed by atoms with E-state index < -0.39 is 0 Å². The molecular formula is C27H37N5O2. The predicted octanol–water partition coefficient (Wildman–Crippen LogP) is 4.86. The minimum absolute atomic E-state index is 0.435. The van der Waals surface area contributed by atoms with Gasteiger partial charge in [-0.05, 0) is 74.4 Å². The van der Waals surface area contributed by atoms with Gasteiger partial charge in [-0.1, -0.05) is 12.1 Å². The first-order valence-electron chi connectivity index (χ1n) is 12.2. The van der Waals surface area contributed by atoms with E-state index in [9.17, 15) is 0 Å². The Bertz CT molecular complexity index is 1060. The summed E-state index contributed by atoms with van der Waals surface area (Å²) in [7, 11) is 7.43. The number of nitrogens with one attached hydrogen (secondary N) is 2. The van der Waals surface area contributed by atoms with Gasteiger partial charge < -0.3 is 25.0 Å². The van der Waals surface area contributed by atoms with E-state index in [0.29, 0.717) is 6.04 Å². The van der Waals surface area contributed by atoms with Gasteiger partial charge in [0.1, 0.15) is 17.3 Å². The molecule has 0 unspecified atom stereocenters. The summed E-state index contributed by atoms with van der Waals surface area (Å²) in [6.07, 6.45) is 5.99. The van der Waals surface area contributed by atoms with Crippen LogP contribution in [-0.2, 0) is 6.54 Å². The van der Waals surface area contributed by atoms with Gasteiger partial charge in [0.2, 0.25) is 5.95 Å². The molecule has 0 aliphatic heterocycles. The van der Waals surface area contributed by atoms with Crippen molar-refractivity contribution in [2.75, 3.05) is 45.1 Å². The van der Waals surface area contributed by atoms with Crippen LogP contribution >= 0.6 is 0 Å². The molecule has 182 valence electrons. The molecule has 2 N–H and O–H groups in total. The SMILES string of the molecule is COc1cc(CNCC[C@H]2CC[C@@H](Nc3nc(N(C)C)c4ccccc4n3)CC2)cc(OC)c1. The third-order valence-electron chi connectivity index (χ3n) is 6.66. The lowest BCUT2D eigenvalue weighted by molar-refractivity contribution is 0.316. The summed E-state index contributed by atoms with van der Waals surface area (Å²) >= 11 is 0. The topological polar surface area (TPSA) is 71.5 Å². The third kappa shape index (κ3) is 6.08. The number of hydrogen-bond acceptors (Lipinski definition) is 7. The van der Waals surface area contributed by atoms with Gasteiger partial charge in [0, 0.05) is 38.1 Å². The Morgan fingerprint density at radius 2 is 1.65 bits per heavy atom. The maximum atomic E-state index is 5.37. The van der Waals surface area contributed by atoms with E-state index in [-0.39, 0.29) is 0 Å². The maximum Gasteiger partial charge on any atom is 0.225 e. The summed E-state index contributed by atoms with van der Waals surface area (Å²) in [5.41, 5.74) is 2.16. The molecule has 1 aromatic heterocycles. The highest BCUT2D eigenvalue weighted by Crippen LogP contribution is 2.30. The van der Waals surface area contributed by atoms with Gasteiger partial charge in [-0.2, -0.15) is 4.98 Å². The molecule has 3 aromatic rings. The Balaban J connectivity index is 1.24. The predicted molar refractivity (Wildman–Crippen MR) is 139 cm³/mol. The quantitative estimate of drug-likeness (QED) is 0.416. The van der Waals surface area contributed by atoms with E-state index in [4.69, 9.17) is 19.4 Å². The first-order valence-corrected chi connectivity index (χ1v) is 12.2. The Morgan fingerprint density at radius 3 is 2.32 bits per heavy atom. The number of nitrogens with zero attached hydrogens (tertiary/aromatic N) is 3. The molecule has 1 aliphatic rings. The van der Waals surface area contributed by atoms with Crippen LogP contribution in [0.2, 0.25) is 0 Å². The monoisotopic (exact) mass is 463 g/mol. The molecule has 0 atom stereocenters. The number of aromatic nitrogens is 2. The average Bonchev–Trinajstić information content (AvgIpc) is 2.86. The molecule has 4 rings (SSSR count). The number of anilines is 2. The number of fused-ring (bicyclic) bond motifs is 1. The van der Waals surface area contributed by atoms with Crippen molar-refractivity contribution in [1.29, 1.82) is 0 Å². The van der Waals surface area contributed by atoms with Crippen LogP contribution in [0.5, 0.6) is 11.5 Å². The van der Waals surface area contributed by atoms with Gasteiger partial charge in [0.25, 0.3) is 0 Å². The minimum Gasteiger partial charge on any atom is -0.497 e. The number of rotatable bonds is 10. The van der Waals surface area contributed by atoms with Gasteiger partial charge in [0.05, 0.1) is 19.7 Å². The van der Waals surface area contributed by atoms with Crippen LogP contribution in [0.25, 0.3) is 10.9 Å². The molecule has 7 nitrogen and oxygen atoms in total. The van der Waals surface area contributed by atoms with Crippen molar-refractivity contribution in [3.8, 4) is 11.5 Å². The van der Waals surface area contributed by atoms with E-state index in [1.165, 1.54) is 24.8 Å². The van der Waals surface area contributed by atoms with Gasteiger partial charge in [-0.25, -0.2) is 4.98 Å². The third-order valence-corrected chi connectivity index (χ3v) is 6.66. The molecule has 1 saturated carbocycles. The lowest BCUT2D eigenvalue weighted by Gasteiger charge is -2.29. The van der Waals surface area contributed by atoms with Gasteiger partial charge >= 0.3 is 0 Å². The second-order valence-electron chi connectivity index (χ2n) is 9.33. The van der Waals surface area contributed by atoms with Crippen molar-refractivity contribution in [2.24, 2.45) is 5.92 Å². The zero-order chi connectivity index (χ0) is 23.9. The van der Waals surface area contributed by atoms with Crippen LogP contribution in [0.1, 0.15) is 37.7 Å². The highest BCUT2D eigenvalue weighted by Gasteiger charge is 2.22. The number of methoxy groups -OCH3 is 2. The molecule has 0 saturated heterocycles. The highest BCUT2D eigenvalue weighted by molar-refractivity contribution is 5.90. The van der Waals surface area contributed by atoms with Crippen molar-refractivity contribution in [1.82, 2.24) is 15.3 Å². The Morgan fingerprint density at radius 1 is 0.941 bits per heavy atom. The normalized spacial score (nSPS) is 18.0. The Labute approximate surface area is 202 Å². The van der Waals surface area contributed by atoms with Crippen molar-refractivity contribution < 1.29 is 9.47 Å². The fourth-order valence-electron chi connectivity index (χ4n) is 4.75. The molecule has 1 fully saturated rings. The molecule has 1 aliphatic carbocycles. The number of para-hydroxylation sites is 1. The molecule has 7 heteroatoms. The van der Waals surface area contributed by atoms with Crippen LogP contribution in [0.3, 0.4) is 0 Å². The van der Waals surface area contributed by atoms with Crippen molar-refractivity contribution in [3.05, 3.63) is 48.0 Å². The van der Waals surface area contributed by atoms with Crippen LogP contribution < -0.4 is 25.0 Å². The average molecular weight is 464 g/mol. The van der Waals surface area contributed by atoms with Crippen molar-refractivity contribution in [2.45, 2.75) is 44.7 Å². The molecule has 2 aromatic carbocycles. The largest absolute Gasteiger partial charge is 0.497 e. The number of hydrogen-bond donors (Lipinski definition) is 2. The van der Waals surface area contributed by atoms with E-state index in [0.717, 1.165) is 66.0 Å². The van der Waals surface area contributed by atoms with Crippen LogP contribution in [-0.4, -0.2) is 50.9 Å². The molecule has 0 bridgehead atoms. The molecule has 34 heavy (non-hydrogen) atoms. The van der Waals surface area contributed by atoms with E-state index in [1.807, 2.05) is 32.3 Å². The summed E-state index contributed by atoms with van der Waals surface area (Å²) in [5.74, 6) is 4.12. The molecule has 1 heterocycles. The smallest absolute Gasteiger partial charge is 0.225 e. The lowest BCUT2D eigenvalue weighted by atomic mass is 9.84. The standard InChI is InChI=1S/C27H37N5O2/c1-32(2)26-24-7-5-6-8-25(24)30-27(31-26)29-21-11-9-19(10-12-21)13-14-28-18-20-15-22(33-3)17-23(16-20)34-4/h5-8,15-17,19,21,28H,9-14,18H2,1-4H3,(H,29,30,31)/t19-,21+. The number of benzene rings is 2. The van der Waals surface area contributed by atoms with Gasteiger partial charge in [-0.15, -0.1) is 0 Å². The fraction of sp³-hybridized carbons (Fsp3) is 0.481. The van der Waals surface area contributed by atoms with E-state index in [2.05, 4.69) is 39.8 Å². The van der Waals surface area contributed by atoms with Crippen LogP contribution in [0.15, 0.2) is 42.5 Å². The Hall–Kier alpha value is -3.06. The Kier molecular flexibility index (Phi) is 8.06. The fourth-order valence-corrected chi connectivity index (χ4v) is 4.75. The van der Waals surface area contributed by atoms with Crippen LogP contribution in [0, 0.1) is 5.92 Å². The summed E-state index contributed by atoms with van der Waals surface area (Å²) in [6.45, 7) is 1.83.